The Balaban J connectivity index is 0.00000121. The van der Waals surface area contributed by atoms with Gasteiger partial charge in [0.15, 0.2) is 0 Å². The Morgan fingerprint density at radius 2 is 2.00 bits per heavy atom. The number of alkyl halides is 1. The average molecular weight is 198 g/mol. The minimum Gasteiger partial charge on any atom is -0.387 e. The predicted molar refractivity (Wildman–Crippen MR) is 49.4 cm³/mol. The third kappa shape index (κ3) is 2.88. The molecule has 1 rings (SSSR count). The molecule has 74 valence electrons. The molecule has 0 bridgehead atoms. The van der Waals surface area contributed by atoms with Crippen molar-refractivity contribution in [3.8, 4) is 0 Å². The number of halogens is 2. The molecular weight excluding hydrogens is 181 g/mol. The van der Waals surface area contributed by atoms with Crippen LogP contribution in [0, 0.1) is 5.92 Å². The van der Waals surface area contributed by atoms with E-state index in [0.29, 0.717) is 0 Å². The highest BCUT2D eigenvalue weighted by molar-refractivity contribution is 5.85. The molecule has 1 saturated heterocycles. The van der Waals surface area contributed by atoms with Gasteiger partial charge in [0, 0.05) is 0 Å². The molecule has 2 nitrogen and oxygen atoms in total. The number of nitrogens with one attached hydrogen (secondary N) is 1. The van der Waals surface area contributed by atoms with Gasteiger partial charge in [-0.25, -0.2) is 4.39 Å². The maximum Gasteiger partial charge on any atom is 0.118 e. The lowest BCUT2D eigenvalue weighted by Crippen LogP contribution is -2.43. The lowest BCUT2D eigenvalue weighted by atomic mass is 9.83. The Morgan fingerprint density at radius 3 is 2.42 bits per heavy atom. The zero-order chi connectivity index (χ0) is 8.32. The third-order valence-electron chi connectivity index (χ3n) is 2.49. The van der Waals surface area contributed by atoms with Crippen LogP contribution in [0.25, 0.3) is 0 Å². The topological polar surface area (TPSA) is 32.3 Å². The highest BCUT2D eigenvalue weighted by Gasteiger charge is 2.32. The predicted octanol–water partition coefficient (Wildman–Crippen LogP) is 1.13. The molecular formula is C8H17ClFNO. The second kappa shape index (κ2) is 5.00. The molecule has 0 aromatic carbocycles. The Hall–Kier alpha value is 0.140. The molecule has 0 aromatic rings. The van der Waals surface area contributed by atoms with E-state index >= 15 is 0 Å². The van der Waals surface area contributed by atoms with Crippen molar-refractivity contribution in [2.75, 3.05) is 19.8 Å². The van der Waals surface area contributed by atoms with Crippen LogP contribution in [0.1, 0.15) is 19.8 Å². The fourth-order valence-electron chi connectivity index (χ4n) is 1.55. The highest BCUT2D eigenvalue weighted by atomic mass is 35.5. The summed E-state index contributed by atoms with van der Waals surface area (Å²) in [5.74, 6) is 0.133. The van der Waals surface area contributed by atoms with E-state index in [1.165, 1.54) is 0 Å². The number of piperidine rings is 1. The minimum absolute atomic E-state index is 0. The van der Waals surface area contributed by atoms with Crippen molar-refractivity contribution in [2.24, 2.45) is 5.92 Å². The van der Waals surface area contributed by atoms with Crippen LogP contribution in [0.4, 0.5) is 4.39 Å². The molecule has 0 radical (unpaired) electrons. The van der Waals surface area contributed by atoms with Crippen LogP contribution in [0.2, 0.25) is 0 Å². The van der Waals surface area contributed by atoms with Gasteiger partial charge in [0.1, 0.15) is 6.67 Å². The van der Waals surface area contributed by atoms with Crippen molar-refractivity contribution < 1.29 is 9.50 Å². The summed E-state index contributed by atoms with van der Waals surface area (Å²) in [5.41, 5.74) is -1.10. The van der Waals surface area contributed by atoms with Crippen molar-refractivity contribution in [2.45, 2.75) is 25.4 Å². The molecule has 4 heteroatoms. The van der Waals surface area contributed by atoms with Crippen molar-refractivity contribution in [1.29, 1.82) is 0 Å². The Morgan fingerprint density at radius 1 is 1.50 bits per heavy atom. The first-order chi connectivity index (χ1) is 5.17. The molecule has 1 aliphatic rings. The maximum atomic E-state index is 12.3. The van der Waals surface area contributed by atoms with E-state index in [0.717, 1.165) is 25.9 Å². The maximum absolute atomic E-state index is 12.3. The van der Waals surface area contributed by atoms with Gasteiger partial charge in [-0.05, 0) is 38.8 Å². The molecule has 1 fully saturated rings. The molecule has 1 aliphatic heterocycles. The van der Waals surface area contributed by atoms with Gasteiger partial charge in [-0.3, -0.25) is 0 Å². The summed E-state index contributed by atoms with van der Waals surface area (Å²) in [5, 5.41) is 12.7. The van der Waals surface area contributed by atoms with Crippen molar-refractivity contribution >= 4 is 12.4 Å². The summed E-state index contributed by atoms with van der Waals surface area (Å²) >= 11 is 0. The van der Waals surface area contributed by atoms with Gasteiger partial charge in [0.25, 0.3) is 0 Å². The van der Waals surface area contributed by atoms with Gasteiger partial charge in [-0.1, -0.05) is 0 Å². The molecule has 12 heavy (non-hydrogen) atoms. The van der Waals surface area contributed by atoms with Crippen molar-refractivity contribution in [1.82, 2.24) is 5.32 Å². The Bertz CT molecular complexity index is 126. The van der Waals surface area contributed by atoms with E-state index in [2.05, 4.69) is 5.32 Å². The zero-order valence-electron chi connectivity index (χ0n) is 7.35. The van der Waals surface area contributed by atoms with Crippen molar-refractivity contribution in [3.05, 3.63) is 0 Å². The van der Waals surface area contributed by atoms with Gasteiger partial charge >= 0.3 is 0 Å². The number of hydrogen-bond acceptors (Lipinski definition) is 2. The molecule has 0 spiro atoms. The van der Waals surface area contributed by atoms with Crippen LogP contribution in [-0.2, 0) is 0 Å². The zero-order valence-corrected chi connectivity index (χ0v) is 8.16. The third-order valence-corrected chi connectivity index (χ3v) is 2.49. The fourth-order valence-corrected chi connectivity index (χ4v) is 1.55. The summed E-state index contributed by atoms with van der Waals surface area (Å²) in [7, 11) is 0. The first-order valence-corrected chi connectivity index (χ1v) is 4.16. The largest absolute Gasteiger partial charge is 0.387 e. The monoisotopic (exact) mass is 197 g/mol. The summed E-state index contributed by atoms with van der Waals surface area (Å²) in [6, 6.07) is 0. The Labute approximate surface area is 79.0 Å². The molecule has 0 amide bonds. The average Bonchev–Trinajstić information content (AvgIpc) is 2.06. The van der Waals surface area contributed by atoms with Crippen LogP contribution >= 0.6 is 12.4 Å². The van der Waals surface area contributed by atoms with E-state index in [1.54, 1.807) is 6.92 Å². The standard InChI is InChI=1S/C8H16FNO.ClH/c1-8(11,6-9)7-2-4-10-5-3-7;/h7,10-11H,2-6H2,1H3;1H. The normalized spacial score (nSPS) is 24.2. The summed E-state index contributed by atoms with van der Waals surface area (Å²) < 4.78 is 12.3. The first kappa shape index (κ1) is 12.1. The van der Waals surface area contributed by atoms with Crippen LogP contribution in [0.3, 0.4) is 0 Å². The molecule has 0 aromatic heterocycles. The van der Waals surface area contributed by atoms with Gasteiger partial charge in [-0.15, -0.1) is 12.4 Å². The quantitative estimate of drug-likeness (QED) is 0.696. The van der Waals surface area contributed by atoms with Crippen LogP contribution in [0.15, 0.2) is 0 Å². The van der Waals surface area contributed by atoms with Crippen LogP contribution in [0.5, 0.6) is 0 Å². The lowest BCUT2D eigenvalue weighted by molar-refractivity contribution is -0.0325. The molecule has 0 aliphatic carbocycles. The van der Waals surface area contributed by atoms with E-state index < -0.39 is 12.3 Å². The van der Waals surface area contributed by atoms with E-state index in [-0.39, 0.29) is 18.3 Å². The van der Waals surface area contributed by atoms with Gasteiger partial charge in [0.2, 0.25) is 0 Å². The number of rotatable bonds is 2. The number of hydrogen-bond donors (Lipinski definition) is 2. The SMILES string of the molecule is CC(O)(CF)C1CCNCC1.Cl. The van der Waals surface area contributed by atoms with Crippen LogP contribution < -0.4 is 5.32 Å². The number of aliphatic hydroxyl groups is 1. The molecule has 1 atom stereocenters. The molecule has 1 unspecified atom stereocenters. The lowest BCUT2D eigenvalue weighted by Gasteiger charge is -2.33. The van der Waals surface area contributed by atoms with Crippen molar-refractivity contribution in [3.63, 3.8) is 0 Å². The summed E-state index contributed by atoms with van der Waals surface area (Å²) in [6.45, 7) is 2.77. The Kier molecular flexibility index (Phi) is 5.06. The van der Waals surface area contributed by atoms with E-state index in [9.17, 15) is 9.50 Å². The van der Waals surface area contributed by atoms with E-state index in [4.69, 9.17) is 0 Å². The molecule has 1 heterocycles. The first-order valence-electron chi connectivity index (χ1n) is 4.16. The summed E-state index contributed by atoms with van der Waals surface area (Å²) in [4.78, 5) is 0. The second-order valence-electron chi connectivity index (χ2n) is 3.52. The minimum atomic E-state index is -1.10. The highest BCUT2D eigenvalue weighted by Crippen LogP contribution is 2.25. The van der Waals surface area contributed by atoms with Gasteiger partial charge in [0.05, 0.1) is 5.60 Å². The summed E-state index contributed by atoms with van der Waals surface area (Å²) in [6.07, 6.45) is 1.77. The van der Waals surface area contributed by atoms with Crippen LogP contribution in [-0.4, -0.2) is 30.5 Å². The fraction of sp³-hybridized carbons (Fsp3) is 1.00. The molecule has 0 saturated carbocycles. The molecule has 2 N–H and O–H groups in total. The van der Waals surface area contributed by atoms with E-state index in [1.807, 2.05) is 0 Å². The smallest absolute Gasteiger partial charge is 0.118 e. The van der Waals surface area contributed by atoms with Gasteiger partial charge in [-0.2, -0.15) is 0 Å². The second-order valence-corrected chi connectivity index (χ2v) is 3.52. The van der Waals surface area contributed by atoms with Gasteiger partial charge < -0.3 is 10.4 Å².